The molecule has 1 aromatic heterocycles. The third kappa shape index (κ3) is 2.57. The van der Waals surface area contributed by atoms with Gasteiger partial charge in [-0.1, -0.05) is 0 Å². The van der Waals surface area contributed by atoms with Crippen molar-refractivity contribution in [1.82, 2.24) is 9.97 Å². The molecule has 0 saturated heterocycles. The van der Waals surface area contributed by atoms with Gasteiger partial charge < -0.3 is 10.4 Å². The number of carbonyl (C=O) groups is 1. The molecule has 0 unspecified atom stereocenters. The van der Waals surface area contributed by atoms with Crippen LogP contribution in [0.15, 0.2) is 30.6 Å². The lowest BCUT2D eigenvalue weighted by Crippen LogP contribution is -2.02. The average molecular weight is 251 g/mol. The summed E-state index contributed by atoms with van der Waals surface area (Å²) < 4.78 is 26.1. The Balaban J connectivity index is 2.24. The van der Waals surface area contributed by atoms with Gasteiger partial charge in [-0.05, 0) is 18.2 Å². The lowest BCUT2D eigenvalue weighted by Gasteiger charge is -2.06. The van der Waals surface area contributed by atoms with Crippen LogP contribution in [0.2, 0.25) is 0 Å². The first-order chi connectivity index (χ1) is 8.56. The molecule has 0 saturated carbocycles. The quantitative estimate of drug-likeness (QED) is 0.874. The van der Waals surface area contributed by atoms with E-state index in [-0.39, 0.29) is 17.2 Å². The summed E-state index contributed by atoms with van der Waals surface area (Å²) in [6, 6.07) is 3.34. The fraction of sp³-hybridized carbons (Fsp3) is 0. The summed E-state index contributed by atoms with van der Waals surface area (Å²) in [6.07, 6.45) is 1.86. The van der Waals surface area contributed by atoms with Gasteiger partial charge in [0.05, 0.1) is 23.6 Å². The Morgan fingerprint density at radius 1 is 1.22 bits per heavy atom. The molecule has 0 bridgehead atoms. The highest BCUT2D eigenvalue weighted by Gasteiger charge is 2.09. The molecule has 1 aromatic carbocycles. The SMILES string of the molecule is O=C(O)c1ccc(Nc2ncc(F)cn2)c(F)c1. The van der Waals surface area contributed by atoms with Gasteiger partial charge in [0.25, 0.3) is 0 Å². The summed E-state index contributed by atoms with van der Waals surface area (Å²) in [5, 5.41) is 11.2. The summed E-state index contributed by atoms with van der Waals surface area (Å²) in [4.78, 5) is 17.8. The predicted molar refractivity (Wildman–Crippen MR) is 58.6 cm³/mol. The molecule has 7 heteroatoms. The smallest absolute Gasteiger partial charge is 0.335 e. The minimum Gasteiger partial charge on any atom is -0.478 e. The molecule has 2 rings (SSSR count). The molecule has 18 heavy (non-hydrogen) atoms. The van der Waals surface area contributed by atoms with Crippen molar-refractivity contribution in [3.05, 3.63) is 47.8 Å². The Morgan fingerprint density at radius 2 is 1.89 bits per heavy atom. The van der Waals surface area contributed by atoms with Crippen LogP contribution < -0.4 is 5.32 Å². The molecular weight excluding hydrogens is 244 g/mol. The maximum atomic E-state index is 13.5. The molecule has 2 N–H and O–H groups in total. The number of aromatic carboxylic acids is 1. The maximum Gasteiger partial charge on any atom is 0.335 e. The first kappa shape index (κ1) is 11.9. The van der Waals surface area contributed by atoms with Crippen LogP contribution in [0.3, 0.4) is 0 Å². The third-order valence-corrected chi connectivity index (χ3v) is 2.08. The van der Waals surface area contributed by atoms with E-state index in [9.17, 15) is 13.6 Å². The largest absolute Gasteiger partial charge is 0.478 e. The second-order valence-electron chi connectivity index (χ2n) is 3.35. The molecule has 5 nitrogen and oxygen atoms in total. The predicted octanol–water partition coefficient (Wildman–Crippen LogP) is 2.20. The van der Waals surface area contributed by atoms with Crippen LogP contribution in [-0.4, -0.2) is 21.0 Å². The van der Waals surface area contributed by atoms with Gasteiger partial charge in [0.2, 0.25) is 5.95 Å². The fourth-order valence-corrected chi connectivity index (χ4v) is 1.25. The standard InChI is InChI=1S/C11H7F2N3O2/c12-7-4-14-11(15-5-7)16-9-2-1-6(10(17)18)3-8(9)13/h1-5H,(H,17,18)(H,14,15,16). The van der Waals surface area contributed by atoms with Crippen LogP contribution >= 0.6 is 0 Å². The van der Waals surface area contributed by atoms with E-state index < -0.39 is 17.6 Å². The summed E-state index contributed by atoms with van der Waals surface area (Å²) in [6.45, 7) is 0. The molecule has 0 aliphatic heterocycles. The summed E-state index contributed by atoms with van der Waals surface area (Å²) in [5.74, 6) is -2.58. The molecule has 0 radical (unpaired) electrons. The van der Waals surface area contributed by atoms with Crippen molar-refractivity contribution >= 4 is 17.6 Å². The highest BCUT2D eigenvalue weighted by atomic mass is 19.1. The third-order valence-electron chi connectivity index (χ3n) is 2.08. The molecule has 1 heterocycles. The molecule has 2 aromatic rings. The van der Waals surface area contributed by atoms with Crippen molar-refractivity contribution in [2.75, 3.05) is 5.32 Å². The molecule has 0 aliphatic rings. The van der Waals surface area contributed by atoms with E-state index in [4.69, 9.17) is 5.11 Å². The fourth-order valence-electron chi connectivity index (χ4n) is 1.25. The molecule has 0 aliphatic carbocycles. The lowest BCUT2D eigenvalue weighted by atomic mass is 10.2. The Kier molecular flexibility index (Phi) is 3.13. The van der Waals surface area contributed by atoms with Gasteiger partial charge in [0.1, 0.15) is 5.82 Å². The maximum absolute atomic E-state index is 13.5. The van der Waals surface area contributed by atoms with Gasteiger partial charge in [-0.2, -0.15) is 0 Å². The number of hydrogen-bond acceptors (Lipinski definition) is 4. The number of nitrogens with one attached hydrogen (secondary N) is 1. The number of rotatable bonds is 3. The van der Waals surface area contributed by atoms with E-state index in [1.807, 2.05) is 0 Å². The van der Waals surface area contributed by atoms with Crippen molar-refractivity contribution in [2.24, 2.45) is 0 Å². The van der Waals surface area contributed by atoms with Crippen molar-refractivity contribution in [3.8, 4) is 0 Å². The Bertz CT molecular complexity index is 587. The number of carboxylic acid groups (broad SMARTS) is 1. The molecule has 92 valence electrons. The number of aromatic nitrogens is 2. The summed E-state index contributed by atoms with van der Waals surface area (Å²) in [7, 11) is 0. The number of carboxylic acids is 1. The molecule has 0 spiro atoms. The molecular formula is C11H7F2N3O2. The van der Waals surface area contributed by atoms with Gasteiger partial charge in [-0.25, -0.2) is 23.5 Å². The first-order valence-corrected chi connectivity index (χ1v) is 4.83. The van der Waals surface area contributed by atoms with Crippen molar-refractivity contribution in [3.63, 3.8) is 0 Å². The zero-order chi connectivity index (χ0) is 13.1. The monoisotopic (exact) mass is 251 g/mol. The van der Waals surface area contributed by atoms with Crippen LogP contribution in [0.4, 0.5) is 20.4 Å². The van der Waals surface area contributed by atoms with Gasteiger partial charge in [-0.3, -0.25) is 0 Å². The van der Waals surface area contributed by atoms with Crippen LogP contribution in [0, 0.1) is 11.6 Å². The van der Waals surface area contributed by atoms with E-state index in [1.54, 1.807) is 0 Å². The topological polar surface area (TPSA) is 75.1 Å². The van der Waals surface area contributed by atoms with Crippen molar-refractivity contribution in [1.29, 1.82) is 0 Å². The second-order valence-corrected chi connectivity index (χ2v) is 3.35. The summed E-state index contributed by atoms with van der Waals surface area (Å²) >= 11 is 0. The number of benzene rings is 1. The zero-order valence-electron chi connectivity index (χ0n) is 8.89. The van der Waals surface area contributed by atoms with E-state index in [1.165, 1.54) is 12.1 Å². The Hall–Kier alpha value is -2.57. The van der Waals surface area contributed by atoms with E-state index in [0.29, 0.717) is 0 Å². The normalized spacial score (nSPS) is 10.1. The van der Waals surface area contributed by atoms with Crippen LogP contribution in [0.5, 0.6) is 0 Å². The van der Waals surface area contributed by atoms with Gasteiger partial charge in [-0.15, -0.1) is 0 Å². The molecule has 0 amide bonds. The molecule has 0 atom stereocenters. The average Bonchev–Trinajstić information content (AvgIpc) is 2.34. The highest BCUT2D eigenvalue weighted by molar-refractivity contribution is 5.88. The number of hydrogen-bond donors (Lipinski definition) is 2. The first-order valence-electron chi connectivity index (χ1n) is 4.83. The van der Waals surface area contributed by atoms with Gasteiger partial charge in [0, 0.05) is 0 Å². The zero-order valence-corrected chi connectivity index (χ0v) is 8.89. The Morgan fingerprint density at radius 3 is 2.44 bits per heavy atom. The minimum atomic E-state index is -1.22. The van der Waals surface area contributed by atoms with Crippen molar-refractivity contribution < 1.29 is 18.7 Å². The Labute approximate surface area is 100 Å². The van der Waals surface area contributed by atoms with Crippen LogP contribution in [0.25, 0.3) is 0 Å². The van der Waals surface area contributed by atoms with E-state index >= 15 is 0 Å². The van der Waals surface area contributed by atoms with E-state index in [0.717, 1.165) is 18.5 Å². The minimum absolute atomic E-state index is 0.00612. The van der Waals surface area contributed by atoms with E-state index in [2.05, 4.69) is 15.3 Å². The van der Waals surface area contributed by atoms with Gasteiger partial charge >= 0.3 is 5.97 Å². The number of nitrogens with zero attached hydrogens (tertiary/aromatic N) is 2. The summed E-state index contributed by atoms with van der Waals surface area (Å²) in [5.41, 5.74) is -0.162. The molecule has 0 fully saturated rings. The van der Waals surface area contributed by atoms with Gasteiger partial charge in [0.15, 0.2) is 5.82 Å². The second kappa shape index (κ2) is 4.74. The highest BCUT2D eigenvalue weighted by Crippen LogP contribution is 2.18. The lowest BCUT2D eigenvalue weighted by molar-refractivity contribution is 0.0696. The number of halogens is 2. The van der Waals surface area contributed by atoms with Crippen LogP contribution in [-0.2, 0) is 0 Å². The van der Waals surface area contributed by atoms with Crippen molar-refractivity contribution in [2.45, 2.75) is 0 Å². The van der Waals surface area contributed by atoms with Crippen LogP contribution in [0.1, 0.15) is 10.4 Å². The number of anilines is 2.